The number of rotatable bonds is 10. The lowest BCUT2D eigenvalue weighted by molar-refractivity contribution is -0.142. The van der Waals surface area contributed by atoms with Gasteiger partial charge in [0.15, 0.2) is 5.96 Å². The van der Waals surface area contributed by atoms with E-state index in [0.717, 1.165) is 12.0 Å². The molecule has 1 rings (SSSR count). The van der Waals surface area contributed by atoms with E-state index in [1.54, 1.807) is 0 Å². The Morgan fingerprint density at radius 2 is 1.87 bits per heavy atom. The fourth-order valence-corrected chi connectivity index (χ4v) is 2.13. The van der Waals surface area contributed by atoms with Crippen LogP contribution in [-0.2, 0) is 16.0 Å². The van der Waals surface area contributed by atoms with E-state index in [1.807, 2.05) is 30.3 Å². The van der Waals surface area contributed by atoms with E-state index in [1.165, 1.54) is 0 Å². The predicted molar refractivity (Wildman–Crippen MR) is 88.9 cm³/mol. The van der Waals surface area contributed by atoms with Crippen molar-refractivity contribution in [1.29, 1.82) is 0 Å². The lowest BCUT2D eigenvalue weighted by Gasteiger charge is -2.14. The van der Waals surface area contributed by atoms with Crippen LogP contribution >= 0.6 is 0 Å². The van der Waals surface area contributed by atoms with Gasteiger partial charge in [0, 0.05) is 13.0 Å². The average molecular weight is 320 g/mol. The van der Waals surface area contributed by atoms with Crippen LogP contribution in [0.4, 0.5) is 0 Å². The van der Waals surface area contributed by atoms with Crippen molar-refractivity contribution in [2.45, 2.75) is 38.1 Å². The number of hydrogen-bond acceptors (Lipinski definition) is 3. The van der Waals surface area contributed by atoms with Gasteiger partial charge in [-0.25, -0.2) is 4.79 Å². The molecule has 0 aromatic heterocycles. The van der Waals surface area contributed by atoms with Crippen molar-refractivity contribution in [3.05, 3.63) is 35.9 Å². The molecule has 0 aliphatic heterocycles. The molecule has 1 aromatic carbocycles. The van der Waals surface area contributed by atoms with Gasteiger partial charge in [-0.05, 0) is 31.2 Å². The number of aliphatic imine (C=N–C) groups is 1. The molecule has 0 bridgehead atoms. The van der Waals surface area contributed by atoms with Crippen LogP contribution < -0.4 is 16.8 Å². The predicted octanol–water partition coefficient (Wildman–Crippen LogP) is 0.632. The van der Waals surface area contributed by atoms with Crippen molar-refractivity contribution in [3.63, 3.8) is 0 Å². The molecule has 23 heavy (non-hydrogen) atoms. The Morgan fingerprint density at radius 1 is 1.17 bits per heavy atom. The van der Waals surface area contributed by atoms with Crippen LogP contribution in [0.15, 0.2) is 35.3 Å². The second-order valence-corrected chi connectivity index (χ2v) is 5.25. The lowest BCUT2D eigenvalue weighted by Crippen LogP contribution is -2.40. The third-order valence-corrected chi connectivity index (χ3v) is 3.29. The second-order valence-electron chi connectivity index (χ2n) is 5.25. The van der Waals surface area contributed by atoms with E-state index in [9.17, 15) is 9.59 Å². The normalized spacial score (nSPS) is 11.5. The molecule has 0 radical (unpaired) electrons. The van der Waals surface area contributed by atoms with Crippen molar-refractivity contribution >= 4 is 17.8 Å². The number of hydrogen-bond donors (Lipinski definition) is 4. The zero-order valence-corrected chi connectivity index (χ0v) is 13.1. The van der Waals surface area contributed by atoms with Gasteiger partial charge in [0.2, 0.25) is 5.91 Å². The summed E-state index contributed by atoms with van der Waals surface area (Å²) in [4.78, 5) is 26.8. The minimum Gasteiger partial charge on any atom is -0.480 e. The number of nitrogens with one attached hydrogen (secondary N) is 1. The highest BCUT2D eigenvalue weighted by atomic mass is 16.4. The minimum atomic E-state index is -1.05. The number of aliphatic carboxylic acids is 1. The molecule has 0 heterocycles. The van der Waals surface area contributed by atoms with Crippen molar-refractivity contribution in [3.8, 4) is 0 Å². The summed E-state index contributed by atoms with van der Waals surface area (Å²) < 4.78 is 0. The maximum atomic E-state index is 11.8. The molecule has 6 N–H and O–H groups in total. The third-order valence-electron chi connectivity index (χ3n) is 3.29. The second kappa shape index (κ2) is 10.2. The van der Waals surface area contributed by atoms with Crippen LogP contribution in [0.1, 0.15) is 31.2 Å². The number of amides is 1. The summed E-state index contributed by atoms with van der Waals surface area (Å²) in [6, 6.07) is 8.94. The van der Waals surface area contributed by atoms with Crippen molar-refractivity contribution in [1.82, 2.24) is 5.32 Å². The van der Waals surface area contributed by atoms with Crippen molar-refractivity contribution in [2.75, 3.05) is 6.54 Å². The highest BCUT2D eigenvalue weighted by Crippen LogP contribution is 2.05. The molecule has 0 spiro atoms. The summed E-state index contributed by atoms with van der Waals surface area (Å²) in [5, 5.41) is 11.7. The maximum Gasteiger partial charge on any atom is 0.326 e. The van der Waals surface area contributed by atoms with E-state index in [-0.39, 0.29) is 18.3 Å². The standard InChI is InChI=1S/C16H24N4O3/c17-16(18)19-11-5-9-13(15(22)23)20-14(21)10-4-8-12-6-2-1-3-7-12/h1-3,6-7,13H,4-5,8-11H2,(H,20,21)(H,22,23)(H4,17,18,19)/t13-/m0/s1. The summed E-state index contributed by atoms with van der Waals surface area (Å²) >= 11 is 0. The fourth-order valence-electron chi connectivity index (χ4n) is 2.13. The van der Waals surface area contributed by atoms with Gasteiger partial charge in [0.05, 0.1) is 0 Å². The number of carboxylic acids is 1. The van der Waals surface area contributed by atoms with Crippen molar-refractivity contribution in [2.24, 2.45) is 16.5 Å². The molecule has 0 unspecified atom stereocenters. The van der Waals surface area contributed by atoms with Gasteiger partial charge in [-0.15, -0.1) is 0 Å². The van der Waals surface area contributed by atoms with E-state index in [0.29, 0.717) is 25.8 Å². The Hall–Kier alpha value is -2.57. The number of guanidine groups is 1. The van der Waals surface area contributed by atoms with Crippen LogP contribution in [-0.4, -0.2) is 35.5 Å². The molecule has 0 aliphatic carbocycles. The monoisotopic (exact) mass is 320 g/mol. The number of nitrogens with zero attached hydrogens (tertiary/aromatic N) is 1. The Balaban J connectivity index is 2.30. The molecule has 126 valence electrons. The number of carbonyl (C=O) groups excluding carboxylic acids is 1. The molecule has 1 amide bonds. The summed E-state index contributed by atoms with van der Waals surface area (Å²) in [7, 11) is 0. The minimum absolute atomic E-state index is 0.0261. The van der Waals surface area contributed by atoms with Gasteiger partial charge in [-0.2, -0.15) is 0 Å². The number of nitrogens with two attached hydrogens (primary N) is 2. The Morgan fingerprint density at radius 3 is 2.48 bits per heavy atom. The molecule has 1 aromatic rings. The summed E-state index contributed by atoms with van der Waals surface area (Å²) in [6.45, 7) is 0.343. The Bertz CT molecular complexity index is 527. The summed E-state index contributed by atoms with van der Waals surface area (Å²) in [6.07, 6.45) is 2.54. The molecular formula is C16H24N4O3. The van der Waals surface area contributed by atoms with Gasteiger partial charge in [0.1, 0.15) is 6.04 Å². The quantitative estimate of drug-likeness (QED) is 0.285. The summed E-state index contributed by atoms with van der Waals surface area (Å²) in [5.41, 5.74) is 11.5. The third kappa shape index (κ3) is 8.45. The van der Waals surface area contributed by atoms with Gasteiger partial charge < -0.3 is 21.9 Å². The van der Waals surface area contributed by atoms with E-state index in [2.05, 4.69) is 10.3 Å². The van der Waals surface area contributed by atoms with Gasteiger partial charge in [0.25, 0.3) is 0 Å². The lowest BCUT2D eigenvalue weighted by atomic mass is 10.1. The largest absolute Gasteiger partial charge is 0.480 e. The van der Waals surface area contributed by atoms with Crippen LogP contribution in [0.25, 0.3) is 0 Å². The highest BCUT2D eigenvalue weighted by Gasteiger charge is 2.18. The first-order valence-electron chi connectivity index (χ1n) is 7.60. The van der Waals surface area contributed by atoms with Crippen LogP contribution in [0.3, 0.4) is 0 Å². The zero-order chi connectivity index (χ0) is 17.1. The molecule has 1 atom stereocenters. The van der Waals surface area contributed by atoms with Crippen LogP contribution in [0.5, 0.6) is 0 Å². The van der Waals surface area contributed by atoms with E-state index in [4.69, 9.17) is 16.6 Å². The van der Waals surface area contributed by atoms with Gasteiger partial charge >= 0.3 is 5.97 Å². The topological polar surface area (TPSA) is 131 Å². The SMILES string of the molecule is NC(N)=NCCC[C@H](NC(=O)CCCc1ccccc1)C(=O)O. The first kappa shape index (κ1) is 18.5. The maximum absolute atomic E-state index is 11.8. The van der Waals surface area contributed by atoms with Gasteiger partial charge in [-0.3, -0.25) is 9.79 Å². The number of carboxylic acid groups (broad SMARTS) is 1. The molecule has 7 heteroatoms. The summed E-state index contributed by atoms with van der Waals surface area (Å²) in [5.74, 6) is -1.33. The Labute approximate surface area is 135 Å². The van der Waals surface area contributed by atoms with Crippen molar-refractivity contribution < 1.29 is 14.7 Å². The first-order chi connectivity index (χ1) is 11.0. The first-order valence-corrected chi connectivity index (χ1v) is 7.60. The fraction of sp³-hybridized carbons (Fsp3) is 0.438. The van der Waals surface area contributed by atoms with E-state index >= 15 is 0 Å². The number of benzene rings is 1. The molecular weight excluding hydrogens is 296 g/mol. The highest BCUT2D eigenvalue weighted by molar-refractivity contribution is 5.83. The van der Waals surface area contributed by atoms with Crippen LogP contribution in [0.2, 0.25) is 0 Å². The smallest absolute Gasteiger partial charge is 0.326 e. The molecule has 0 aliphatic rings. The molecule has 7 nitrogen and oxygen atoms in total. The number of aryl methyl sites for hydroxylation is 1. The Kier molecular flexibility index (Phi) is 8.20. The molecule has 0 saturated carbocycles. The van der Waals surface area contributed by atoms with Crippen LogP contribution in [0, 0.1) is 0 Å². The average Bonchev–Trinajstić information content (AvgIpc) is 2.51. The molecule has 0 saturated heterocycles. The van der Waals surface area contributed by atoms with Gasteiger partial charge in [-0.1, -0.05) is 30.3 Å². The van der Waals surface area contributed by atoms with E-state index < -0.39 is 12.0 Å². The molecule has 0 fully saturated rings. The number of carbonyl (C=O) groups is 2. The zero-order valence-electron chi connectivity index (χ0n) is 13.1.